The smallest absolute Gasteiger partial charge is 0.237 e. The molecule has 1 heterocycles. The van der Waals surface area contributed by atoms with Gasteiger partial charge in [0.15, 0.2) is 0 Å². The Balaban J connectivity index is 1.74. The van der Waals surface area contributed by atoms with E-state index in [4.69, 9.17) is 0 Å². The van der Waals surface area contributed by atoms with Gasteiger partial charge in [-0.3, -0.25) is 4.79 Å². The van der Waals surface area contributed by atoms with Crippen LogP contribution in [-0.4, -0.2) is 24.5 Å². The standard InChI is InChI=1S/C9H16N2O/c12-9(8-5-2-6-10-8)11-7-3-1-4-7/h7-8,10H,1-6H2,(H,11,12)/t8-/m1/s1. The lowest BCUT2D eigenvalue weighted by atomic mass is 9.93. The Bertz CT molecular complexity index is 171. The van der Waals surface area contributed by atoms with Crippen LogP contribution in [0.3, 0.4) is 0 Å². The normalized spacial score (nSPS) is 29.8. The van der Waals surface area contributed by atoms with Gasteiger partial charge in [0, 0.05) is 6.04 Å². The number of rotatable bonds is 2. The summed E-state index contributed by atoms with van der Waals surface area (Å²) in [6, 6.07) is 0.588. The Morgan fingerprint density at radius 2 is 2.08 bits per heavy atom. The molecule has 2 N–H and O–H groups in total. The van der Waals surface area contributed by atoms with Gasteiger partial charge < -0.3 is 10.6 Å². The van der Waals surface area contributed by atoms with Crippen molar-refractivity contribution in [1.29, 1.82) is 0 Å². The molecular formula is C9H16N2O. The molecule has 0 spiro atoms. The van der Waals surface area contributed by atoms with Gasteiger partial charge in [0.25, 0.3) is 0 Å². The number of hydrogen-bond acceptors (Lipinski definition) is 2. The molecule has 1 saturated heterocycles. The Morgan fingerprint density at radius 3 is 2.58 bits per heavy atom. The van der Waals surface area contributed by atoms with Crippen molar-refractivity contribution >= 4 is 5.91 Å². The van der Waals surface area contributed by atoms with E-state index >= 15 is 0 Å². The summed E-state index contributed by atoms with van der Waals surface area (Å²) in [5.41, 5.74) is 0. The van der Waals surface area contributed by atoms with Crippen molar-refractivity contribution in [2.45, 2.75) is 44.2 Å². The summed E-state index contributed by atoms with van der Waals surface area (Å²) in [4.78, 5) is 11.5. The number of nitrogens with one attached hydrogen (secondary N) is 2. The number of amides is 1. The average Bonchev–Trinajstić information content (AvgIpc) is 2.47. The zero-order valence-electron chi connectivity index (χ0n) is 7.31. The molecule has 2 aliphatic rings. The van der Waals surface area contributed by atoms with Gasteiger partial charge in [-0.2, -0.15) is 0 Å². The highest BCUT2D eigenvalue weighted by molar-refractivity contribution is 5.82. The maximum Gasteiger partial charge on any atom is 0.237 e. The van der Waals surface area contributed by atoms with E-state index in [0.717, 1.165) is 19.4 Å². The van der Waals surface area contributed by atoms with Crippen molar-refractivity contribution in [1.82, 2.24) is 10.6 Å². The number of hydrogen-bond donors (Lipinski definition) is 2. The summed E-state index contributed by atoms with van der Waals surface area (Å²) < 4.78 is 0. The molecule has 1 saturated carbocycles. The molecule has 3 heteroatoms. The van der Waals surface area contributed by atoms with Crippen LogP contribution in [-0.2, 0) is 4.79 Å². The fraction of sp³-hybridized carbons (Fsp3) is 0.889. The van der Waals surface area contributed by atoms with Gasteiger partial charge in [0.05, 0.1) is 6.04 Å². The summed E-state index contributed by atoms with van der Waals surface area (Å²) in [5, 5.41) is 6.25. The van der Waals surface area contributed by atoms with E-state index in [1.807, 2.05) is 0 Å². The van der Waals surface area contributed by atoms with Crippen LogP contribution in [0.1, 0.15) is 32.1 Å². The fourth-order valence-corrected chi connectivity index (χ4v) is 1.76. The number of carbonyl (C=O) groups excluding carboxylic acids is 1. The Labute approximate surface area is 72.9 Å². The third-order valence-electron chi connectivity index (χ3n) is 2.83. The van der Waals surface area contributed by atoms with E-state index in [1.54, 1.807) is 0 Å². The van der Waals surface area contributed by atoms with Gasteiger partial charge in [0.1, 0.15) is 0 Å². The van der Waals surface area contributed by atoms with Crippen molar-refractivity contribution in [2.75, 3.05) is 6.54 Å². The molecule has 3 nitrogen and oxygen atoms in total. The highest BCUT2D eigenvalue weighted by atomic mass is 16.2. The minimum atomic E-state index is 0.102. The van der Waals surface area contributed by atoms with Crippen LogP contribution in [0.2, 0.25) is 0 Å². The van der Waals surface area contributed by atoms with Crippen molar-refractivity contribution < 1.29 is 4.79 Å². The van der Waals surface area contributed by atoms with Gasteiger partial charge >= 0.3 is 0 Å². The average molecular weight is 168 g/mol. The van der Waals surface area contributed by atoms with Crippen LogP contribution in [0.4, 0.5) is 0 Å². The molecule has 0 aromatic carbocycles. The van der Waals surface area contributed by atoms with Crippen molar-refractivity contribution in [3.05, 3.63) is 0 Å². The van der Waals surface area contributed by atoms with E-state index in [2.05, 4.69) is 10.6 Å². The second kappa shape index (κ2) is 3.44. The molecule has 1 atom stereocenters. The maximum absolute atomic E-state index is 11.5. The molecule has 1 aliphatic heterocycles. The van der Waals surface area contributed by atoms with Crippen LogP contribution in [0, 0.1) is 0 Å². The monoisotopic (exact) mass is 168 g/mol. The predicted molar refractivity (Wildman–Crippen MR) is 46.8 cm³/mol. The first-order valence-electron chi connectivity index (χ1n) is 4.90. The van der Waals surface area contributed by atoms with Crippen molar-refractivity contribution in [3.8, 4) is 0 Å². The van der Waals surface area contributed by atoms with Crippen LogP contribution >= 0.6 is 0 Å². The lowest BCUT2D eigenvalue weighted by Crippen LogP contribution is -2.47. The Kier molecular flexibility index (Phi) is 2.30. The first-order chi connectivity index (χ1) is 5.86. The highest BCUT2D eigenvalue weighted by Crippen LogP contribution is 2.18. The largest absolute Gasteiger partial charge is 0.352 e. The molecular weight excluding hydrogens is 152 g/mol. The first kappa shape index (κ1) is 8.05. The van der Waals surface area contributed by atoms with Gasteiger partial charge in [-0.25, -0.2) is 0 Å². The van der Waals surface area contributed by atoms with Crippen molar-refractivity contribution in [2.24, 2.45) is 0 Å². The van der Waals surface area contributed by atoms with Crippen LogP contribution in [0.25, 0.3) is 0 Å². The van der Waals surface area contributed by atoms with Gasteiger partial charge in [0.2, 0.25) is 5.91 Å². The highest BCUT2D eigenvalue weighted by Gasteiger charge is 2.26. The first-order valence-corrected chi connectivity index (χ1v) is 4.90. The van der Waals surface area contributed by atoms with Gasteiger partial charge in [-0.1, -0.05) is 0 Å². The maximum atomic E-state index is 11.5. The predicted octanol–water partition coefficient (Wildman–Crippen LogP) is 0.407. The molecule has 1 aliphatic carbocycles. The lowest BCUT2D eigenvalue weighted by Gasteiger charge is -2.27. The SMILES string of the molecule is O=C(NC1CCC1)[C@H]1CCCN1. The number of carbonyl (C=O) groups is 1. The molecule has 2 rings (SSSR count). The molecule has 2 fully saturated rings. The van der Waals surface area contributed by atoms with E-state index in [1.165, 1.54) is 19.3 Å². The van der Waals surface area contributed by atoms with Crippen molar-refractivity contribution in [3.63, 3.8) is 0 Å². The molecule has 68 valence electrons. The van der Waals surface area contributed by atoms with Gasteiger partial charge in [-0.15, -0.1) is 0 Å². The topological polar surface area (TPSA) is 41.1 Å². The quantitative estimate of drug-likeness (QED) is 0.627. The molecule has 0 radical (unpaired) electrons. The molecule has 0 aromatic rings. The summed E-state index contributed by atoms with van der Waals surface area (Å²) >= 11 is 0. The molecule has 0 aromatic heterocycles. The second-order valence-electron chi connectivity index (χ2n) is 3.79. The second-order valence-corrected chi connectivity index (χ2v) is 3.79. The summed E-state index contributed by atoms with van der Waals surface area (Å²) in [5.74, 6) is 0.220. The van der Waals surface area contributed by atoms with Crippen LogP contribution < -0.4 is 10.6 Å². The van der Waals surface area contributed by atoms with Crippen LogP contribution in [0.5, 0.6) is 0 Å². The van der Waals surface area contributed by atoms with Crippen LogP contribution in [0.15, 0.2) is 0 Å². The summed E-state index contributed by atoms with van der Waals surface area (Å²) in [6.45, 7) is 1.00. The zero-order chi connectivity index (χ0) is 8.39. The molecule has 12 heavy (non-hydrogen) atoms. The Morgan fingerprint density at radius 1 is 1.25 bits per heavy atom. The summed E-state index contributed by atoms with van der Waals surface area (Å²) in [7, 11) is 0. The third-order valence-corrected chi connectivity index (χ3v) is 2.83. The van der Waals surface area contributed by atoms with Gasteiger partial charge in [-0.05, 0) is 38.6 Å². The molecule has 0 bridgehead atoms. The van der Waals surface area contributed by atoms with E-state index in [9.17, 15) is 4.79 Å². The minimum Gasteiger partial charge on any atom is -0.352 e. The zero-order valence-corrected chi connectivity index (χ0v) is 7.31. The fourth-order valence-electron chi connectivity index (χ4n) is 1.76. The molecule has 0 unspecified atom stereocenters. The van der Waals surface area contributed by atoms with E-state index < -0.39 is 0 Å². The lowest BCUT2D eigenvalue weighted by molar-refractivity contribution is -0.124. The summed E-state index contributed by atoms with van der Waals surface area (Å²) in [6.07, 6.45) is 5.79. The van der Waals surface area contributed by atoms with E-state index in [0.29, 0.717) is 6.04 Å². The third kappa shape index (κ3) is 1.61. The van der Waals surface area contributed by atoms with E-state index in [-0.39, 0.29) is 11.9 Å². The molecule has 1 amide bonds. The minimum absolute atomic E-state index is 0.102. The Hall–Kier alpha value is -0.570.